The highest BCUT2D eigenvalue weighted by molar-refractivity contribution is 9.08. The lowest BCUT2D eigenvalue weighted by atomic mass is 9.76. The monoisotopic (exact) mass is 283 g/mol. The van der Waals surface area contributed by atoms with Crippen LogP contribution in [0.5, 0.6) is 0 Å². The second kappa shape index (κ2) is 5.85. The molecule has 1 rings (SSSR count). The van der Waals surface area contributed by atoms with E-state index in [0.717, 1.165) is 11.0 Å². The van der Waals surface area contributed by atoms with Crippen molar-refractivity contribution >= 4 is 28.5 Å². The van der Waals surface area contributed by atoms with Gasteiger partial charge in [-0.05, 0) is 11.0 Å². The second-order valence-electron chi connectivity index (χ2n) is 5.04. The summed E-state index contributed by atoms with van der Waals surface area (Å²) in [5, 5.41) is 12.6. The lowest BCUT2D eigenvalue weighted by molar-refractivity contribution is -0.218. The largest absolute Gasteiger partial charge is 0.853 e. The van der Waals surface area contributed by atoms with Crippen molar-refractivity contribution in [3.8, 4) is 0 Å². The van der Waals surface area contributed by atoms with Crippen LogP contribution in [0.3, 0.4) is 0 Å². The van der Waals surface area contributed by atoms with Crippen LogP contribution in [-0.2, 0) is 9.98 Å². The van der Waals surface area contributed by atoms with Gasteiger partial charge in [0.25, 0.3) is 0 Å². The van der Waals surface area contributed by atoms with Gasteiger partial charge in [0.1, 0.15) is 0 Å². The van der Waals surface area contributed by atoms with Crippen molar-refractivity contribution in [1.82, 2.24) is 0 Å². The van der Waals surface area contributed by atoms with Crippen molar-refractivity contribution < 1.29 is 9.68 Å². The molecule has 0 unspecified atom stereocenters. The molecule has 1 aromatic carbocycles. The third-order valence-corrected chi connectivity index (χ3v) is 2.72. The minimum atomic E-state index is -1.09. The molecule has 0 amide bonds. The molecule has 0 aromatic heterocycles. The highest BCUT2D eigenvalue weighted by Crippen LogP contribution is 2.13. The van der Waals surface area contributed by atoms with Crippen molar-refractivity contribution in [2.75, 3.05) is 6.61 Å². The number of hydrogen-bond acceptors (Lipinski definition) is 2. The molecule has 0 aliphatic carbocycles. The van der Waals surface area contributed by atoms with E-state index in [9.17, 15) is 5.02 Å². The number of hydrogen-bond donors (Lipinski definition) is 0. The van der Waals surface area contributed by atoms with Crippen molar-refractivity contribution in [3.05, 3.63) is 29.8 Å². The van der Waals surface area contributed by atoms with Crippen LogP contribution in [0.1, 0.15) is 26.3 Å². The second-order valence-corrected chi connectivity index (χ2v) is 5.60. The van der Waals surface area contributed by atoms with Crippen LogP contribution in [0.2, 0.25) is 0 Å². The molecular weight excluding hydrogens is 267 g/mol. The lowest BCUT2D eigenvalue weighted by Gasteiger charge is -2.27. The molecule has 1 aromatic rings. The van der Waals surface area contributed by atoms with Gasteiger partial charge in [0.15, 0.2) is 0 Å². The fourth-order valence-corrected chi connectivity index (χ4v) is 1.81. The summed E-state index contributed by atoms with van der Waals surface area (Å²) in [6.07, 6.45) is 0. The Morgan fingerprint density at radius 2 is 1.94 bits per heavy atom. The molecule has 0 bridgehead atoms. The molecule has 0 fully saturated rings. The highest BCUT2D eigenvalue weighted by Gasteiger charge is 2.13. The Hall–Kier alpha value is -0.315. The maximum atomic E-state index is 11.9. The Morgan fingerprint density at radius 3 is 2.50 bits per heavy atom. The SMILES string of the molecule is CC(C)(C)COB([O-])c1ccccc1CBr. The Morgan fingerprint density at radius 1 is 1.31 bits per heavy atom. The molecule has 0 heterocycles. The average Bonchev–Trinajstić information content (AvgIpc) is 2.25. The Labute approximate surface area is 106 Å². The fraction of sp³-hybridized carbons (Fsp3) is 0.500. The van der Waals surface area contributed by atoms with Crippen LogP contribution in [-0.4, -0.2) is 13.7 Å². The molecule has 0 atom stereocenters. The topological polar surface area (TPSA) is 32.3 Å². The summed E-state index contributed by atoms with van der Waals surface area (Å²) < 4.78 is 5.36. The van der Waals surface area contributed by atoms with Gasteiger partial charge in [-0.1, -0.05) is 66.4 Å². The van der Waals surface area contributed by atoms with Gasteiger partial charge in [-0.3, -0.25) is 0 Å². The average molecular weight is 284 g/mol. The maximum Gasteiger partial charge on any atom is 0.217 e. The Balaban J connectivity index is 2.69. The van der Waals surface area contributed by atoms with E-state index < -0.39 is 7.12 Å². The van der Waals surface area contributed by atoms with Crippen molar-refractivity contribution in [2.45, 2.75) is 26.1 Å². The minimum Gasteiger partial charge on any atom is -0.853 e. The van der Waals surface area contributed by atoms with Gasteiger partial charge in [0.2, 0.25) is 7.12 Å². The fourth-order valence-electron chi connectivity index (χ4n) is 1.30. The van der Waals surface area contributed by atoms with Gasteiger partial charge in [-0.15, -0.1) is 0 Å². The first-order valence-corrected chi connectivity index (χ1v) is 6.47. The van der Waals surface area contributed by atoms with E-state index in [0.29, 0.717) is 11.9 Å². The van der Waals surface area contributed by atoms with Crippen molar-refractivity contribution in [1.29, 1.82) is 0 Å². The smallest absolute Gasteiger partial charge is 0.217 e. The molecular formula is C12H17BBrO2-. The van der Waals surface area contributed by atoms with Gasteiger partial charge in [0.05, 0.1) is 0 Å². The molecule has 0 spiro atoms. The number of benzene rings is 1. The zero-order chi connectivity index (χ0) is 12.2. The summed E-state index contributed by atoms with van der Waals surface area (Å²) in [7, 11) is -1.09. The number of halogens is 1. The number of rotatable bonds is 4. The van der Waals surface area contributed by atoms with Crippen LogP contribution in [0.15, 0.2) is 24.3 Å². The first-order chi connectivity index (χ1) is 7.44. The maximum absolute atomic E-state index is 11.9. The van der Waals surface area contributed by atoms with Crippen LogP contribution < -0.4 is 10.5 Å². The molecule has 0 aliphatic heterocycles. The lowest BCUT2D eigenvalue weighted by Crippen LogP contribution is -2.49. The van der Waals surface area contributed by atoms with Crippen LogP contribution >= 0.6 is 15.9 Å². The zero-order valence-corrected chi connectivity index (χ0v) is 11.6. The van der Waals surface area contributed by atoms with Crippen LogP contribution in [0, 0.1) is 5.41 Å². The van der Waals surface area contributed by atoms with Gasteiger partial charge in [-0.25, -0.2) is 0 Å². The summed E-state index contributed by atoms with van der Waals surface area (Å²) in [6.45, 7) is 6.63. The normalized spacial score (nSPS) is 11.6. The molecule has 2 nitrogen and oxygen atoms in total. The Kier molecular flexibility index (Phi) is 5.03. The third kappa shape index (κ3) is 4.28. The summed E-state index contributed by atoms with van der Waals surface area (Å²) >= 11 is 3.37. The summed E-state index contributed by atoms with van der Waals surface area (Å²) in [6, 6.07) is 7.57. The molecule has 0 N–H and O–H groups in total. The van der Waals surface area contributed by atoms with Gasteiger partial charge in [-0.2, -0.15) is 0 Å². The zero-order valence-electron chi connectivity index (χ0n) is 10.00. The van der Waals surface area contributed by atoms with Gasteiger partial charge in [0, 0.05) is 11.9 Å². The first kappa shape index (κ1) is 13.7. The van der Waals surface area contributed by atoms with E-state index in [-0.39, 0.29) is 5.41 Å². The molecule has 0 saturated carbocycles. The summed E-state index contributed by atoms with van der Waals surface area (Å²) in [5.74, 6) is 0. The summed E-state index contributed by atoms with van der Waals surface area (Å²) in [4.78, 5) is 0. The standard InChI is InChI=1S/C12H17BBrO2/c1-12(2,3)9-16-13(15)11-7-5-4-6-10(11)8-14/h4-7H,8-9H2,1-3H3/q-1. The third-order valence-electron chi connectivity index (χ3n) is 2.12. The molecule has 88 valence electrons. The first-order valence-electron chi connectivity index (χ1n) is 5.35. The molecule has 0 aliphatic rings. The Bertz CT molecular complexity index is 336. The molecule has 0 radical (unpaired) electrons. The highest BCUT2D eigenvalue weighted by atomic mass is 79.9. The van der Waals surface area contributed by atoms with E-state index in [1.165, 1.54) is 0 Å². The molecule has 16 heavy (non-hydrogen) atoms. The van der Waals surface area contributed by atoms with Gasteiger partial charge >= 0.3 is 0 Å². The van der Waals surface area contributed by atoms with Crippen molar-refractivity contribution in [3.63, 3.8) is 0 Å². The van der Waals surface area contributed by atoms with E-state index in [1.807, 2.05) is 24.3 Å². The predicted molar refractivity (Wildman–Crippen MR) is 69.9 cm³/mol. The van der Waals surface area contributed by atoms with E-state index in [4.69, 9.17) is 4.65 Å². The molecule has 4 heteroatoms. The quantitative estimate of drug-likeness (QED) is 0.622. The van der Waals surface area contributed by atoms with E-state index in [1.54, 1.807) is 0 Å². The predicted octanol–water partition coefficient (Wildman–Crippen LogP) is 1.70. The van der Waals surface area contributed by atoms with Crippen molar-refractivity contribution in [2.24, 2.45) is 5.41 Å². The van der Waals surface area contributed by atoms with E-state index >= 15 is 0 Å². The molecule has 0 saturated heterocycles. The minimum absolute atomic E-state index is 0.0198. The summed E-state index contributed by atoms with van der Waals surface area (Å²) in [5.41, 5.74) is 1.74. The van der Waals surface area contributed by atoms with Crippen LogP contribution in [0.25, 0.3) is 0 Å². The van der Waals surface area contributed by atoms with Gasteiger partial charge < -0.3 is 9.68 Å². The van der Waals surface area contributed by atoms with Crippen LogP contribution in [0.4, 0.5) is 0 Å². The number of alkyl halides is 1. The van der Waals surface area contributed by atoms with E-state index in [2.05, 4.69) is 36.7 Å².